The second-order valence-corrected chi connectivity index (χ2v) is 5.07. The van der Waals surface area contributed by atoms with Crippen LogP contribution < -0.4 is 5.32 Å². The van der Waals surface area contributed by atoms with Gasteiger partial charge in [-0.3, -0.25) is 0 Å². The number of piperidine rings is 1. The Morgan fingerprint density at radius 2 is 2.00 bits per heavy atom. The lowest BCUT2D eigenvalue weighted by molar-refractivity contribution is 0.289. The zero-order valence-corrected chi connectivity index (χ0v) is 9.61. The first kappa shape index (κ1) is 10.3. The van der Waals surface area contributed by atoms with Gasteiger partial charge in [-0.25, -0.2) is 0 Å². The van der Waals surface area contributed by atoms with Crippen molar-refractivity contribution in [1.29, 1.82) is 0 Å². The molecule has 88 valence electrons. The number of rotatable bonds is 3. The lowest BCUT2D eigenvalue weighted by Gasteiger charge is -2.21. The van der Waals surface area contributed by atoms with Gasteiger partial charge < -0.3 is 9.84 Å². The fraction of sp³-hybridized carbons (Fsp3) is 0.833. The van der Waals surface area contributed by atoms with E-state index in [1.807, 2.05) is 0 Å². The molecule has 4 nitrogen and oxygen atoms in total. The van der Waals surface area contributed by atoms with Crippen LogP contribution in [-0.4, -0.2) is 23.2 Å². The van der Waals surface area contributed by atoms with Gasteiger partial charge >= 0.3 is 0 Å². The van der Waals surface area contributed by atoms with Crippen molar-refractivity contribution >= 4 is 0 Å². The monoisotopic (exact) mass is 221 g/mol. The van der Waals surface area contributed by atoms with Gasteiger partial charge in [-0.15, -0.1) is 0 Å². The van der Waals surface area contributed by atoms with E-state index in [0.717, 1.165) is 37.1 Å². The fourth-order valence-corrected chi connectivity index (χ4v) is 2.52. The normalized spacial score (nSPS) is 23.2. The Morgan fingerprint density at radius 3 is 2.69 bits per heavy atom. The van der Waals surface area contributed by atoms with Crippen molar-refractivity contribution in [2.75, 3.05) is 13.1 Å². The molecule has 0 bridgehead atoms. The van der Waals surface area contributed by atoms with Gasteiger partial charge in [-0.05, 0) is 44.7 Å². The summed E-state index contributed by atoms with van der Waals surface area (Å²) in [5.41, 5.74) is 0. The average molecular weight is 221 g/mol. The van der Waals surface area contributed by atoms with Crippen LogP contribution in [0.3, 0.4) is 0 Å². The zero-order valence-electron chi connectivity index (χ0n) is 9.61. The predicted octanol–water partition coefficient (Wildman–Crippen LogP) is 1.88. The molecular weight excluding hydrogens is 202 g/mol. The molecule has 2 fully saturated rings. The topological polar surface area (TPSA) is 51.0 Å². The maximum absolute atomic E-state index is 5.33. The number of hydrogen-bond donors (Lipinski definition) is 1. The zero-order chi connectivity index (χ0) is 10.8. The van der Waals surface area contributed by atoms with Crippen molar-refractivity contribution in [1.82, 2.24) is 15.5 Å². The molecular formula is C12H19N3O. The Hall–Kier alpha value is -0.900. The molecule has 1 aromatic rings. The van der Waals surface area contributed by atoms with Crippen LogP contribution in [0.15, 0.2) is 4.52 Å². The molecule has 4 heteroatoms. The van der Waals surface area contributed by atoms with E-state index in [1.54, 1.807) is 0 Å². The second kappa shape index (κ2) is 4.53. The van der Waals surface area contributed by atoms with Gasteiger partial charge in [0.2, 0.25) is 5.89 Å². The number of nitrogens with one attached hydrogen (secondary N) is 1. The Bertz CT molecular complexity index is 340. The summed E-state index contributed by atoms with van der Waals surface area (Å²) in [6.45, 7) is 2.27. The Kier molecular flexibility index (Phi) is 2.91. The van der Waals surface area contributed by atoms with Crippen LogP contribution in [0.2, 0.25) is 0 Å². The molecule has 16 heavy (non-hydrogen) atoms. The summed E-state index contributed by atoms with van der Waals surface area (Å²) in [7, 11) is 0. The van der Waals surface area contributed by atoms with Crippen molar-refractivity contribution in [2.24, 2.45) is 5.92 Å². The number of aromatic nitrogens is 2. The molecule has 1 aromatic heterocycles. The molecule has 0 atom stereocenters. The van der Waals surface area contributed by atoms with E-state index >= 15 is 0 Å². The van der Waals surface area contributed by atoms with Crippen LogP contribution >= 0.6 is 0 Å². The molecule has 0 amide bonds. The van der Waals surface area contributed by atoms with E-state index in [0.29, 0.717) is 5.92 Å². The minimum Gasteiger partial charge on any atom is -0.339 e. The molecule has 0 unspecified atom stereocenters. The third-order valence-corrected chi connectivity index (χ3v) is 3.87. The summed E-state index contributed by atoms with van der Waals surface area (Å²) in [5, 5.41) is 7.48. The summed E-state index contributed by atoms with van der Waals surface area (Å²) in [4.78, 5) is 4.53. The minimum absolute atomic E-state index is 0.564. The van der Waals surface area contributed by atoms with Crippen molar-refractivity contribution < 1.29 is 4.52 Å². The Balaban J connectivity index is 1.58. The Morgan fingerprint density at radius 1 is 1.19 bits per heavy atom. The van der Waals surface area contributed by atoms with E-state index < -0.39 is 0 Å². The third-order valence-electron chi connectivity index (χ3n) is 3.87. The van der Waals surface area contributed by atoms with Crippen molar-refractivity contribution in [2.45, 2.75) is 44.4 Å². The highest BCUT2D eigenvalue weighted by Crippen LogP contribution is 2.35. The van der Waals surface area contributed by atoms with E-state index in [4.69, 9.17) is 4.52 Å². The molecule has 1 N–H and O–H groups in total. The summed E-state index contributed by atoms with van der Waals surface area (Å²) < 4.78 is 5.33. The van der Waals surface area contributed by atoms with Crippen LogP contribution in [0.25, 0.3) is 0 Å². The van der Waals surface area contributed by atoms with Gasteiger partial charge in [0.15, 0.2) is 5.82 Å². The molecule has 0 spiro atoms. The number of nitrogens with zero attached hydrogens (tertiary/aromatic N) is 2. The van der Waals surface area contributed by atoms with Crippen molar-refractivity contribution in [3.05, 3.63) is 11.7 Å². The third kappa shape index (κ3) is 2.12. The van der Waals surface area contributed by atoms with Gasteiger partial charge in [0.05, 0.1) is 0 Å². The summed E-state index contributed by atoms with van der Waals surface area (Å²) in [6.07, 6.45) is 7.26. The smallest absolute Gasteiger partial charge is 0.229 e. The van der Waals surface area contributed by atoms with Gasteiger partial charge in [0.1, 0.15) is 0 Å². The van der Waals surface area contributed by atoms with Gasteiger partial charge in [-0.1, -0.05) is 11.6 Å². The molecule has 2 aliphatic rings. The minimum atomic E-state index is 0.564. The average Bonchev–Trinajstić information content (AvgIpc) is 2.65. The first-order valence-corrected chi connectivity index (χ1v) is 6.45. The van der Waals surface area contributed by atoms with E-state index in [1.165, 1.54) is 32.1 Å². The molecule has 1 aliphatic heterocycles. The van der Waals surface area contributed by atoms with Crippen molar-refractivity contribution in [3.63, 3.8) is 0 Å². The first-order chi connectivity index (χ1) is 7.92. The molecule has 0 aromatic carbocycles. The lowest BCUT2D eigenvalue weighted by Crippen LogP contribution is -2.28. The van der Waals surface area contributed by atoms with Crippen LogP contribution in [-0.2, 0) is 6.42 Å². The second-order valence-electron chi connectivity index (χ2n) is 5.07. The SMILES string of the molecule is C1CC(c2nc(CC3CCNCC3)no2)C1. The first-order valence-electron chi connectivity index (χ1n) is 6.45. The molecule has 3 rings (SSSR count). The summed E-state index contributed by atoms with van der Waals surface area (Å²) >= 11 is 0. The standard InChI is InChI=1S/C12H19N3O/c1-2-10(3-1)12-14-11(15-16-12)8-9-4-6-13-7-5-9/h9-10,13H,1-8H2. The fourth-order valence-electron chi connectivity index (χ4n) is 2.52. The quantitative estimate of drug-likeness (QED) is 0.846. The van der Waals surface area contributed by atoms with Gasteiger partial charge in [0.25, 0.3) is 0 Å². The van der Waals surface area contributed by atoms with Crippen LogP contribution in [0.1, 0.15) is 49.7 Å². The Labute approximate surface area is 95.8 Å². The van der Waals surface area contributed by atoms with Crippen LogP contribution in [0, 0.1) is 5.92 Å². The summed E-state index contributed by atoms with van der Waals surface area (Å²) in [6, 6.07) is 0. The van der Waals surface area contributed by atoms with E-state index in [2.05, 4.69) is 15.5 Å². The maximum Gasteiger partial charge on any atom is 0.229 e. The van der Waals surface area contributed by atoms with E-state index in [9.17, 15) is 0 Å². The molecule has 1 saturated carbocycles. The highest BCUT2D eigenvalue weighted by molar-refractivity contribution is 4.98. The highest BCUT2D eigenvalue weighted by atomic mass is 16.5. The van der Waals surface area contributed by atoms with Gasteiger partial charge in [0, 0.05) is 12.3 Å². The highest BCUT2D eigenvalue weighted by Gasteiger charge is 2.26. The van der Waals surface area contributed by atoms with Crippen LogP contribution in [0.5, 0.6) is 0 Å². The molecule has 1 saturated heterocycles. The maximum atomic E-state index is 5.33. The number of hydrogen-bond acceptors (Lipinski definition) is 4. The van der Waals surface area contributed by atoms with E-state index in [-0.39, 0.29) is 0 Å². The summed E-state index contributed by atoms with van der Waals surface area (Å²) in [5.74, 6) is 3.12. The lowest BCUT2D eigenvalue weighted by atomic mass is 9.85. The van der Waals surface area contributed by atoms with Crippen LogP contribution in [0.4, 0.5) is 0 Å². The predicted molar refractivity (Wildman–Crippen MR) is 60.2 cm³/mol. The van der Waals surface area contributed by atoms with Gasteiger partial charge in [-0.2, -0.15) is 4.98 Å². The molecule has 2 heterocycles. The molecule has 0 radical (unpaired) electrons. The van der Waals surface area contributed by atoms with Crippen molar-refractivity contribution in [3.8, 4) is 0 Å². The molecule has 1 aliphatic carbocycles. The largest absolute Gasteiger partial charge is 0.339 e.